The molecule has 0 bridgehead atoms. The van der Waals surface area contributed by atoms with Crippen molar-refractivity contribution < 1.29 is 23.7 Å². The predicted octanol–water partition coefficient (Wildman–Crippen LogP) is 3.24. The van der Waals surface area contributed by atoms with Crippen molar-refractivity contribution in [3.63, 3.8) is 0 Å². The van der Waals surface area contributed by atoms with Gasteiger partial charge in [-0.15, -0.1) is 0 Å². The van der Waals surface area contributed by atoms with E-state index in [2.05, 4.69) is 19.2 Å². The summed E-state index contributed by atoms with van der Waals surface area (Å²) in [6, 6.07) is 0.225. The van der Waals surface area contributed by atoms with Crippen molar-refractivity contribution in [1.29, 1.82) is 0 Å². The van der Waals surface area contributed by atoms with Gasteiger partial charge in [-0.2, -0.15) is 0 Å². The Balaban J connectivity index is 1.44. The second-order valence-corrected chi connectivity index (χ2v) is 11.3. The van der Waals surface area contributed by atoms with Crippen molar-refractivity contribution in [3.8, 4) is 0 Å². The van der Waals surface area contributed by atoms with E-state index < -0.39 is 11.6 Å². The Morgan fingerprint density at radius 3 is 2.37 bits per heavy atom. The number of fused-ring (bicyclic) bond motifs is 5. The lowest BCUT2D eigenvalue weighted by atomic mass is 9.44. The summed E-state index contributed by atoms with van der Waals surface area (Å²) in [5.41, 5.74) is 0.207. The molecule has 7 atom stereocenters. The van der Waals surface area contributed by atoms with Crippen molar-refractivity contribution in [2.75, 3.05) is 26.4 Å². The average molecular weight is 420 g/mol. The lowest BCUT2D eigenvalue weighted by molar-refractivity contribution is -0.474. The summed E-state index contributed by atoms with van der Waals surface area (Å²) < 4.78 is 25.8. The van der Waals surface area contributed by atoms with Crippen molar-refractivity contribution >= 4 is 6.41 Å². The molecule has 0 spiro atoms. The van der Waals surface area contributed by atoms with Crippen LogP contribution < -0.4 is 5.32 Å². The number of carbonyl (C=O) groups is 1. The zero-order valence-electron chi connectivity index (χ0n) is 18.5. The van der Waals surface area contributed by atoms with Crippen LogP contribution in [0.25, 0.3) is 0 Å². The molecule has 6 rings (SSSR count). The Labute approximate surface area is 179 Å². The minimum atomic E-state index is -0.817. The minimum Gasteiger partial charge on any atom is -0.356 e. The second kappa shape index (κ2) is 6.66. The van der Waals surface area contributed by atoms with Gasteiger partial charge < -0.3 is 24.3 Å². The minimum absolute atomic E-state index is 0.171. The second-order valence-electron chi connectivity index (χ2n) is 11.3. The van der Waals surface area contributed by atoms with E-state index in [1.54, 1.807) is 0 Å². The quantitative estimate of drug-likeness (QED) is 0.696. The maximum absolute atomic E-state index is 11.6. The summed E-state index contributed by atoms with van der Waals surface area (Å²) in [7, 11) is 0. The molecule has 30 heavy (non-hydrogen) atoms. The molecular weight excluding hydrogens is 382 g/mol. The molecule has 1 amide bonds. The van der Waals surface area contributed by atoms with E-state index in [1.165, 1.54) is 32.1 Å². The van der Waals surface area contributed by atoms with E-state index in [0.717, 1.165) is 31.6 Å². The van der Waals surface area contributed by atoms with E-state index in [4.69, 9.17) is 18.9 Å². The zero-order valence-corrected chi connectivity index (χ0v) is 18.5. The van der Waals surface area contributed by atoms with Gasteiger partial charge in [0, 0.05) is 17.9 Å². The number of hydrogen-bond acceptors (Lipinski definition) is 5. The number of ether oxygens (including phenoxy) is 4. The van der Waals surface area contributed by atoms with Crippen LogP contribution in [0.1, 0.15) is 65.2 Å². The van der Waals surface area contributed by atoms with Gasteiger partial charge in [0.25, 0.3) is 0 Å². The summed E-state index contributed by atoms with van der Waals surface area (Å²) in [6.07, 6.45) is 10.4. The van der Waals surface area contributed by atoms with Gasteiger partial charge in [0.1, 0.15) is 0 Å². The van der Waals surface area contributed by atoms with Crippen molar-refractivity contribution in [3.05, 3.63) is 0 Å². The number of amides is 1. The van der Waals surface area contributed by atoms with E-state index in [1.807, 2.05) is 0 Å². The number of carbonyl (C=O) groups excluding carboxylic acids is 1. The van der Waals surface area contributed by atoms with Crippen LogP contribution in [0.3, 0.4) is 0 Å². The van der Waals surface area contributed by atoms with Crippen molar-refractivity contribution in [2.45, 2.75) is 82.8 Å². The van der Waals surface area contributed by atoms with Gasteiger partial charge >= 0.3 is 0 Å². The van der Waals surface area contributed by atoms with Crippen LogP contribution in [0.4, 0.5) is 0 Å². The van der Waals surface area contributed by atoms with E-state index in [-0.39, 0.29) is 11.5 Å². The fraction of sp³-hybridized carbons (Fsp3) is 0.958. The molecule has 0 aromatic carbocycles. The summed E-state index contributed by atoms with van der Waals surface area (Å²) >= 11 is 0. The predicted molar refractivity (Wildman–Crippen MR) is 109 cm³/mol. The van der Waals surface area contributed by atoms with Crippen molar-refractivity contribution in [2.24, 2.45) is 34.5 Å². The third kappa shape index (κ3) is 2.27. The number of nitrogens with one attached hydrogen (secondary N) is 1. The first-order chi connectivity index (χ1) is 14.5. The molecule has 6 nitrogen and oxygen atoms in total. The zero-order chi connectivity index (χ0) is 20.6. The average Bonchev–Trinajstić information content (AvgIpc) is 3.00. The Morgan fingerprint density at radius 1 is 0.900 bits per heavy atom. The van der Waals surface area contributed by atoms with Crippen LogP contribution in [-0.4, -0.2) is 50.5 Å². The van der Waals surface area contributed by atoms with Gasteiger partial charge in [0.15, 0.2) is 0 Å². The topological polar surface area (TPSA) is 66.0 Å². The highest BCUT2D eigenvalue weighted by atomic mass is 16.8. The molecule has 1 N–H and O–H groups in total. The van der Waals surface area contributed by atoms with E-state index in [0.29, 0.717) is 49.6 Å². The Morgan fingerprint density at radius 2 is 1.63 bits per heavy atom. The molecule has 4 saturated carbocycles. The van der Waals surface area contributed by atoms with Crippen LogP contribution in [0.2, 0.25) is 0 Å². The molecule has 0 aromatic heterocycles. The summed E-state index contributed by atoms with van der Waals surface area (Å²) in [5.74, 6) is 0.504. The lowest BCUT2D eigenvalue weighted by Crippen LogP contribution is -2.70. The van der Waals surface area contributed by atoms with E-state index >= 15 is 0 Å². The highest BCUT2D eigenvalue weighted by molar-refractivity contribution is 5.47. The van der Waals surface area contributed by atoms with Crippen LogP contribution in [0.5, 0.6) is 0 Å². The summed E-state index contributed by atoms with van der Waals surface area (Å²) in [5, 5.41) is 3.28. The highest BCUT2D eigenvalue weighted by Crippen LogP contribution is 2.72. The normalized spacial score (nSPS) is 57.2. The monoisotopic (exact) mass is 419 g/mol. The molecule has 0 radical (unpaired) electrons. The fourth-order valence-electron chi connectivity index (χ4n) is 9.26. The molecule has 2 aliphatic heterocycles. The van der Waals surface area contributed by atoms with Gasteiger partial charge in [0.05, 0.1) is 26.4 Å². The molecule has 6 fully saturated rings. The highest BCUT2D eigenvalue weighted by Gasteiger charge is 2.79. The third-order valence-corrected chi connectivity index (χ3v) is 10.5. The van der Waals surface area contributed by atoms with Gasteiger partial charge in [0.2, 0.25) is 18.0 Å². The molecule has 2 heterocycles. The molecule has 6 heteroatoms. The maximum Gasteiger partial charge on any atom is 0.229 e. The van der Waals surface area contributed by atoms with Crippen LogP contribution in [-0.2, 0) is 23.7 Å². The molecule has 1 unspecified atom stereocenters. The van der Waals surface area contributed by atoms with Crippen molar-refractivity contribution in [1.82, 2.24) is 5.32 Å². The smallest absolute Gasteiger partial charge is 0.229 e. The van der Waals surface area contributed by atoms with Crippen LogP contribution in [0, 0.1) is 34.5 Å². The van der Waals surface area contributed by atoms with Gasteiger partial charge in [-0.3, -0.25) is 4.79 Å². The first kappa shape index (κ1) is 20.0. The summed E-state index contributed by atoms with van der Waals surface area (Å²) in [4.78, 5) is 11.6. The fourth-order valence-corrected chi connectivity index (χ4v) is 9.26. The Hall–Kier alpha value is -0.690. The van der Waals surface area contributed by atoms with Gasteiger partial charge in [-0.25, -0.2) is 0 Å². The number of hydrogen-bond donors (Lipinski definition) is 1. The molecule has 0 aromatic rings. The van der Waals surface area contributed by atoms with Crippen LogP contribution in [0.15, 0.2) is 0 Å². The first-order valence-corrected chi connectivity index (χ1v) is 12.3. The Kier molecular flexibility index (Phi) is 4.43. The van der Waals surface area contributed by atoms with Gasteiger partial charge in [-0.1, -0.05) is 26.7 Å². The Bertz CT molecular complexity index is 702. The molecule has 6 aliphatic rings. The van der Waals surface area contributed by atoms with Crippen LogP contribution >= 0.6 is 0 Å². The third-order valence-electron chi connectivity index (χ3n) is 10.5. The van der Waals surface area contributed by atoms with Gasteiger partial charge in [-0.05, 0) is 61.2 Å². The standard InChI is InChI=1S/C24H37NO5/c1-21-7-4-3-5-16(21)13-19(25-15-26)20-17(21)6-8-22(2)18(20)14-23-24(22,29-11-9-27-23)30-12-10-28-23/h15-20H,3-14H2,1-2H3,(H,25,26)/t16?,17-,18-,19+,20+,21-,22-,23?,24?/m0/s1. The molecule has 168 valence electrons. The number of rotatable bonds is 2. The molecule has 2 saturated heterocycles. The molecular formula is C24H37NO5. The van der Waals surface area contributed by atoms with E-state index in [9.17, 15) is 4.79 Å². The molecule has 4 aliphatic carbocycles. The first-order valence-electron chi connectivity index (χ1n) is 12.3. The maximum atomic E-state index is 11.6. The lowest BCUT2D eigenvalue weighted by Gasteiger charge is -2.63. The SMILES string of the molecule is C[C@]12CCCCC1C[C@@H](NC=O)[C@@H]1[C@@H]2CC[C@@]2(C)[C@H]1CC13OCCOC12OCCO3. The summed E-state index contributed by atoms with van der Waals surface area (Å²) in [6.45, 7) is 7.12. The largest absolute Gasteiger partial charge is 0.356 e.